The van der Waals surface area contributed by atoms with Crippen LogP contribution in [0, 0.1) is 11.6 Å². The highest BCUT2D eigenvalue weighted by atomic mass is 19.1. The third-order valence-electron chi connectivity index (χ3n) is 2.49. The smallest absolute Gasteiger partial charge is 0.135 e. The van der Waals surface area contributed by atoms with Crippen molar-refractivity contribution in [2.24, 2.45) is 0 Å². The lowest BCUT2D eigenvalue weighted by molar-refractivity contribution is 0.585. The van der Waals surface area contributed by atoms with Crippen LogP contribution in [0.1, 0.15) is 25.6 Å². The number of nitrogens with zero attached hydrogens (tertiary/aromatic N) is 2. The predicted molar refractivity (Wildman–Crippen MR) is 65.9 cm³/mol. The second-order valence-electron chi connectivity index (χ2n) is 4.32. The number of rotatable bonds is 2. The lowest BCUT2D eigenvalue weighted by Crippen LogP contribution is -2.03. The molecule has 3 nitrogen and oxygen atoms in total. The van der Waals surface area contributed by atoms with E-state index in [9.17, 15) is 8.78 Å². The largest absolute Gasteiger partial charge is 0.384 e. The molecule has 0 aliphatic heterocycles. The number of nitrogen functional groups attached to an aromatic ring is 1. The van der Waals surface area contributed by atoms with Crippen LogP contribution in [-0.2, 0) is 0 Å². The SMILES string of the molecule is CC(C)c1nc(N)cc(-c2ccc(F)cc2F)n1. The maximum Gasteiger partial charge on any atom is 0.135 e. The van der Waals surface area contributed by atoms with Crippen LogP contribution in [0.15, 0.2) is 24.3 Å². The van der Waals surface area contributed by atoms with Crippen LogP contribution >= 0.6 is 0 Å². The van der Waals surface area contributed by atoms with Crippen molar-refractivity contribution in [1.82, 2.24) is 9.97 Å². The summed E-state index contributed by atoms with van der Waals surface area (Å²) in [7, 11) is 0. The van der Waals surface area contributed by atoms with Crippen molar-refractivity contribution in [3.63, 3.8) is 0 Å². The Morgan fingerprint density at radius 2 is 1.83 bits per heavy atom. The molecule has 0 saturated carbocycles. The average Bonchev–Trinajstić information content (AvgIpc) is 2.27. The van der Waals surface area contributed by atoms with Crippen LogP contribution in [0.4, 0.5) is 14.6 Å². The van der Waals surface area contributed by atoms with Crippen molar-refractivity contribution in [2.75, 3.05) is 5.73 Å². The molecule has 0 amide bonds. The minimum absolute atomic E-state index is 0.0794. The number of aromatic nitrogens is 2. The topological polar surface area (TPSA) is 51.8 Å². The summed E-state index contributed by atoms with van der Waals surface area (Å²) in [4.78, 5) is 8.32. The summed E-state index contributed by atoms with van der Waals surface area (Å²) in [6, 6.07) is 4.83. The van der Waals surface area contributed by atoms with Crippen molar-refractivity contribution in [3.05, 3.63) is 41.7 Å². The van der Waals surface area contributed by atoms with Gasteiger partial charge in [-0.15, -0.1) is 0 Å². The number of halogens is 2. The summed E-state index contributed by atoms with van der Waals surface area (Å²) >= 11 is 0. The highest BCUT2D eigenvalue weighted by molar-refractivity contribution is 5.62. The highest BCUT2D eigenvalue weighted by Crippen LogP contribution is 2.24. The molecule has 0 saturated heterocycles. The first-order valence-electron chi connectivity index (χ1n) is 5.57. The predicted octanol–water partition coefficient (Wildman–Crippen LogP) is 3.13. The number of anilines is 1. The molecule has 0 fully saturated rings. The molecule has 2 rings (SSSR count). The Bertz CT molecular complexity index is 582. The van der Waals surface area contributed by atoms with Crippen molar-refractivity contribution in [1.29, 1.82) is 0 Å². The maximum absolute atomic E-state index is 13.7. The molecule has 0 aliphatic carbocycles. The molecule has 0 aliphatic rings. The van der Waals surface area contributed by atoms with Gasteiger partial charge in [0.05, 0.1) is 5.69 Å². The molecule has 2 N–H and O–H groups in total. The van der Waals surface area contributed by atoms with Crippen molar-refractivity contribution in [3.8, 4) is 11.3 Å². The van der Waals surface area contributed by atoms with Crippen LogP contribution in [0.5, 0.6) is 0 Å². The quantitative estimate of drug-likeness (QED) is 0.889. The summed E-state index contributed by atoms with van der Waals surface area (Å²) in [5.74, 6) is -0.401. The van der Waals surface area contributed by atoms with E-state index < -0.39 is 11.6 Å². The van der Waals surface area contributed by atoms with Gasteiger partial charge in [-0.25, -0.2) is 18.7 Å². The van der Waals surface area contributed by atoms with E-state index in [2.05, 4.69) is 9.97 Å². The van der Waals surface area contributed by atoms with Gasteiger partial charge < -0.3 is 5.73 Å². The van der Waals surface area contributed by atoms with E-state index >= 15 is 0 Å². The molecule has 1 aromatic heterocycles. The van der Waals surface area contributed by atoms with Crippen molar-refractivity contribution >= 4 is 5.82 Å². The second kappa shape index (κ2) is 4.68. The van der Waals surface area contributed by atoms with E-state index in [0.717, 1.165) is 6.07 Å². The summed E-state index contributed by atoms with van der Waals surface area (Å²) in [6.07, 6.45) is 0. The van der Waals surface area contributed by atoms with Gasteiger partial charge in [0.1, 0.15) is 23.3 Å². The Hall–Kier alpha value is -2.04. The first-order chi connectivity index (χ1) is 8.47. The summed E-state index contributed by atoms with van der Waals surface area (Å²) in [6.45, 7) is 3.83. The minimum atomic E-state index is -0.664. The van der Waals surface area contributed by atoms with Crippen LogP contribution in [0.25, 0.3) is 11.3 Å². The number of benzene rings is 1. The molecule has 0 atom stereocenters. The Morgan fingerprint density at radius 1 is 1.11 bits per heavy atom. The summed E-state index contributed by atoms with van der Waals surface area (Å²) in [5, 5.41) is 0. The van der Waals surface area contributed by atoms with Crippen LogP contribution in [0.3, 0.4) is 0 Å². The van der Waals surface area contributed by atoms with E-state index in [1.807, 2.05) is 13.8 Å². The molecular formula is C13H13F2N3. The lowest BCUT2D eigenvalue weighted by Gasteiger charge is -2.08. The highest BCUT2D eigenvalue weighted by Gasteiger charge is 2.12. The van der Waals surface area contributed by atoms with Crippen molar-refractivity contribution in [2.45, 2.75) is 19.8 Å². The fraction of sp³-hybridized carbons (Fsp3) is 0.231. The first kappa shape index (κ1) is 12.4. The maximum atomic E-state index is 13.7. The molecule has 18 heavy (non-hydrogen) atoms. The van der Waals surface area contributed by atoms with Gasteiger partial charge in [-0.2, -0.15) is 0 Å². The number of hydrogen-bond acceptors (Lipinski definition) is 3. The second-order valence-corrected chi connectivity index (χ2v) is 4.32. The van der Waals surface area contributed by atoms with E-state index in [1.165, 1.54) is 18.2 Å². The van der Waals surface area contributed by atoms with Gasteiger partial charge in [-0.3, -0.25) is 0 Å². The Morgan fingerprint density at radius 3 is 2.44 bits per heavy atom. The van der Waals surface area contributed by atoms with Gasteiger partial charge in [0.2, 0.25) is 0 Å². The molecule has 0 radical (unpaired) electrons. The molecule has 1 heterocycles. The molecule has 0 bridgehead atoms. The normalized spacial score (nSPS) is 10.9. The molecular weight excluding hydrogens is 236 g/mol. The zero-order valence-electron chi connectivity index (χ0n) is 10.1. The van der Waals surface area contributed by atoms with Gasteiger partial charge in [0.15, 0.2) is 0 Å². The van der Waals surface area contributed by atoms with Crippen LogP contribution in [0.2, 0.25) is 0 Å². The van der Waals surface area contributed by atoms with Gasteiger partial charge in [-0.05, 0) is 12.1 Å². The van der Waals surface area contributed by atoms with Gasteiger partial charge in [0, 0.05) is 23.6 Å². The van der Waals surface area contributed by atoms with E-state index in [1.54, 1.807) is 0 Å². The van der Waals surface area contributed by atoms with E-state index in [-0.39, 0.29) is 17.3 Å². The zero-order valence-corrected chi connectivity index (χ0v) is 10.1. The zero-order chi connectivity index (χ0) is 13.3. The lowest BCUT2D eigenvalue weighted by atomic mass is 10.1. The third kappa shape index (κ3) is 2.45. The molecule has 1 aromatic carbocycles. The molecule has 94 valence electrons. The standard InChI is InChI=1S/C13H13F2N3/c1-7(2)13-17-11(6-12(16)18-13)9-4-3-8(14)5-10(9)15/h3-7H,1-2H3,(H2,16,17,18). The Balaban J connectivity index is 2.56. The molecule has 5 heteroatoms. The van der Waals surface area contributed by atoms with Crippen LogP contribution in [-0.4, -0.2) is 9.97 Å². The minimum Gasteiger partial charge on any atom is -0.384 e. The molecule has 2 aromatic rings. The Labute approximate surface area is 104 Å². The molecule has 0 spiro atoms. The first-order valence-corrected chi connectivity index (χ1v) is 5.57. The van der Waals surface area contributed by atoms with Crippen LogP contribution < -0.4 is 5.73 Å². The number of hydrogen-bond donors (Lipinski definition) is 1. The van der Waals surface area contributed by atoms with Gasteiger partial charge in [0.25, 0.3) is 0 Å². The van der Waals surface area contributed by atoms with Crippen molar-refractivity contribution < 1.29 is 8.78 Å². The monoisotopic (exact) mass is 249 g/mol. The molecule has 0 unspecified atom stereocenters. The van der Waals surface area contributed by atoms with E-state index in [0.29, 0.717) is 11.5 Å². The fourth-order valence-corrected chi connectivity index (χ4v) is 1.58. The van der Waals surface area contributed by atoms with E-state index in [4.69, 9.17) is 5.73 Å². The fourth-order valence-electron chi connectivity index (χ4n) is 1.58. The van der Waals surface area contributed by atoms with Gasteiger partial charge in [-0.1, -0.05) is 13.8 Å². The average molecular weight is 249 g/mol. The summed E-state index contributed by atoms with van der Waals surface area (Å²) < 4.78 is 26.5. The van der Waals surface area contributed by atoms with Gasteiger partial charge >= 0.3 is 0 Å². The Kier molecular flexibility index (Phi) is 3.23. The summed E-state index contributed by atoms with van der Waals surface area (Å²) in [5.41, 5.74) is 6.25. The number of nitrogens with two attached hydrogens (primary N) is 1. The third-order valence-corrected chi connectivity index (χ3v) is 2.49.